The summed E-state index contributed by atoms with van der Waals surface area (Å²) < 4.78 is 13.8. The van der Waals surface area contributed by atoms with Crippen LogP contribution in [0.25, 0.3) is 0 Å². The highest BCUT2D eigenvalue weighted by molar-refractivity contribution is 9.10. The Morgan fingerprint density at radius 1 is 1.29 bits per heavy atom. The molecule has 1 N–H and O–H groups in total. The number of halogens is 2. The highest BCUT2D eigenvalue weighted by Crippen LogP contribution is 2.17. The van der Waals surface area contributed by atoms with E-state index in [1.54, 1.807) is 18.5 Å². The maximum atomic E-state index is 13.3. The van der Waals surface area contributed by atoms with Crippen molar-refractivity contribution < 1.29 is 4.39 Å². The van der Waals surface area contributed by atoms with E-state index in [2.05, 4.69) is 26.2 Å². The third-order valence-corrected chi connectivity index (χ3v) is 3.00. The molecule has 2 nitrogen and oxygen atoms in total. The first-order valence-corrected chi connectivity index (χ1v) is 6.04. The lowest BCUT2D eigenvalue weighted by Crippen LogP contribution is -2.00. The van der Waals surface area contributed by atoms with Crippen LogP contribution in [0.15, 0.2) is 41.1 Å². The summed E-state index contributed by atoms with van der Waals surface area (Å²) in [5.74, 6) is -0.244. The van der Waals surface area contributed by atoms with Gasteiger partial charge in [0.15, 0.2) is 0 Å². The van der Waals surface area contributed by atoms with E-state index in [4.69, 9.17) is 0 Å². The molecule has 17 heavy (non-hydrogen) atoms. The van der Waals surface area contributed by atoms with Crippen molar-refractivity contribution in [3.8, 4) is 0 Å². The molecule has 1 heterocycles. The number of hydrogen-bond donors (Lipinski definition) is 1. The van der Waals surface area contributed by atoms with Crippen LogP contribution in [0.3, 0.4) is 0 Å². The van der Waals surface area contributed by atoms with E-state index < -0.39 is 0 Å². The molecular weight excluding hydrogens is 283 g/mol. The summed E-state index contributed by atoms with van der Waals surface area (Å²) in [5.41, 5.74) is 2.93. The monoisotopic (exact) mass is 294 g/mol. The zero-order valence-electron chi connectivity index (χ0n) is 9.37. The maximum Gasteiger partial charge on any atom is 0.137 e. The Bertz CT molecular complexity index is 529. The molecule has 0 spiro atoms. The fourth-order valence-corrected chi connectivity index (χ4v) is 1.75. The van der Waals surface area contributed by atoms with Crippen LogP contribution < -0.4 is 5.32 Å². The van der Waals surface area contributed by atoms with Gasteiger partial charge in [0.2, 0.25) is 0 Å². The second-order valence-corrected chi connectivity index (χ2v) is 4.71. The smallest absolute Gasteiger partial charge is 0.137 e. The number of nitrogens with zero attached hydrogens (tertiary/aromatic N) is 1. The minimum absolute atomic E-state index is 0.244. The second-order valence-electron chi connectivity index (χ2n) is 3.85. The van der Waals surface area contributed by atoms with Crippen molar-refractivity contribution in [2.75, 3.05) is 5.32 Å². The van der Waals surface area contributed by atoms with Crippen LogP contribution in [-0.2, 0) is 6.54 Å². The molecule has 0 bridgehead atoms. The van der Waals surface area contributed by atoms with Gasteiger partial charge < -0.3 is 5.32 Å². The van der Waals surface area contributed by atoms with Crippen LogP contribution in [0.5, 0.6) is 0 Å². The van der Waals surface area contributed by atoms with Crippen molar-refractivity contribution in [2.45, 2.75) is 13.5 Å². The molecule has 0 saturated heterocycles. The fourth-order valence-electron chi connectivity index (χ4n) is 1.51. The zero-order valence-corrected chi connectivity index (χ0v) is 11.0. The van der Waals surface area contributed by atoms with E-state index in [9.17, 15) is 4.39 Å². The Labute approximate surface area is 108 Å². The molecule has 0 fully saturated rings. The Balaban J connectivity index is 2.05. The van der Waals surface area contributed by atoms with Crippen LogP contribution in [0.2, 0.25) is 0 Å². The summed E-state index contributed by atoms with van der Waals surface area (Å²) in [6.07, 6.45) is 3.55. The highest BCUT2D eigenvalue weighted by atomic mass is 79.9. The van der Waals surface area contributed by atoms with Gasteiger partial charge in [-0.25, -0.2) is 4.39 Å². The summed E-state index contributed by atoms with van der Waals surface area (Å²) in [7, 11) is 0. The molecule has 0 radical (unpaired) electrons. The third kappa shape index (κ3) is 3.27. The lowest BCUT2D eigenvalue weighted by Gasteiger charge is -2.07. The van der Waals surface area contributed by atoms with Crippen molar-refractivity contribution in [1.82, 2.24) is 4.98 Å². The molecule has 0 saturated carbocycles. The molecule has 1 aromatic carbocycles. The quantitative estimate of drug-likeness (QED) is 0.928. The van der Waals surface area contributed by atoms with Crippen LogP contribution >= 0.6 is 15.9 Å². The number of hydrogen-bond acceptors (Lipinski definition) is 2. The summed E-state index contributed by atoms with van der Waals surface area (Å²) >= 11 is 3.13. The number of benzene rings is 1. The van der Waals surface area contributed by atoms with Gasteiger partial charge >= 0.3 is 0 Å². The zero-order chi connectivity index (χ0) is 12.3. The average molecular weight is 295 g/mol. The Hall–Kier alpha value is -1.42. The van der Waals surface area contributed by atoms with E-state index in [0.717, 1.165) is 16.8 Å². The van der Waals surface area contributed by atoms with Gasteiger partial charge in [0.25, 0.3) is 0 Å². The van der Waals surface area contributed by atoms with Gasteiger partial charge in [-0.2, -0.15) is 0 Å². The van der Waals surface area contributed by atoms with Gasteiger partial charge in [0.1, 0.15) is 5.82 Å². The Morgan fingerprint density at radius 3 is 2.82 bits per heavy atom. The van der Waals surface area contributed by atoms with Gasteiger partial charge in [-0.3, -0.25) is 4.98 Å². The molecule has 0 aliphatic rings. The van der Waals surface area contributed by atoms with E-state index in [1.165, 1.54) is 6.07 Å². The Morgan fingerprint density at radius 2 is 2.12 bits per heavy atom. The lowest BCUT2D eigenvalue weighted by atomic mass is 10.2. The minimum Gasteiger partial charge on any atom is -0.380 e. The van der Waals surface area contributed by atoms with E-state index >= 15 is 0 Å². The van der Waals surface area contributed by atoms with Crippen molar-refractivity contribution in [2.24, 2.45) is 0 Å². The number of nitrogens with one attached hydrogen (secondary N) is 1. The standard InChI is InChI=1S/C13H12BrFN2/c1-9-4-11(8-16-6-9)17-7-10-2-3-12(14)13(15)5-10/h2-6,8,17H,7H2,1H3. The van der Waals surface area contributed by atoms with Crippen LogP contribution in [0.4, 0.5) is 10.1 Å². The molecular formula is C13H12BrFN2. The minimum atomic E-state index is -0.244. The van der Waals surface area contributed by atoms with Gasteiger partial charge in [-0.15, -0.1) is 0 Å². The molecule has 0 aliphatic carbocycles. The fraction of sp³-hybridized carbons (Fsp3) is 0.154. The maximum absolute atomic E-state index is 13.3. The van der Waals surface area contributed by atoms with Gasteiger partial charge in [-0.05, 0) is 52.2 Å². The van der Waals surface area contributed by atoms with Crippen molar-refractivity contribution in [1.29, 1.82) is 0 Å². The van der Waals surface area contributed by atoms with Crippen LogP contribution in [-0.4, -0.2) is 4.98 Å². The predicted molar refractivity (Wildman–Crippen MR) is 70.4 cm³/mol. The first kappa shape index (κ1) is 12.0. The number of aromatic nitrogens is 1. The molecule has 0 unspecified atom stereocenters. The SMILES string of the molecule is Cc1cncc(NCc2ccc(Br)c(F)c2)c1. The molecule has 1 aromatic heterocycles. The van der Waals surface area contributed by atoms with Crippen molar-refractivity contribution in [3.05, 3.63) is 58.1 Å². The number of anilines is 1. The molecule has 4 heteroatoms. The molecule has 2 aromatic rings. The average Bonchev–Trinajstić information content (AvgIpc) is 2.31. The Kier molecular flexibility index (Phi) is 3.74. The third-order valence-electron chi connectivity index (χ3n) is 2.36. The van der Waals surface area contributed by atoms with Gasteiger partial charge in [-0.1, -0.05) is 6.07 Å². The first-order valence-electron chi connectivity index (χ1n) is 5.24. The van der Waals surface area contributed by atoms with Crippen molar-refractivity contribution >= 4 is 21.6 Å². The van der Waals surface area contributed by atoms with Crippen LogP contribution in [0, 0.1) is 12.7 Å². The van der Waals surface area contributed by atoms with Gasteiger partial charge in [0.05, 0.1) is 10.2 Å². The molecule has 0 aliphatic heterocycles. The number of rotatable bonds is 3. The number of aryl methyl sites for hydroxylation is 1. The topological polar surface area (TPSA) is 24.9 Å². The molecule has 2 rings (SSSR count). The number of pyridine rings is 1. The predicted octanol–water partition coefficient (Wildman–Crippen LogP) is 3.90. The summed E-state index contributed by atoms with van der Waals surface area (Å²) in [4.78, 5) is 4.08. The summed E-state index contributed by atoms with van der Waals surface area (Å²) in [5, 5.41) is 3.20. The van der Waals surface area contributed by atoms with Crippen molar-refractivity contribution in [3.63, 3.8) is 0 Å². The lowest BCUT2D eigenvalue weighted by molar-refractivity contribution is 0.619. The first-order chi connectivity index (χ1) is 8.15. The summed E-state index contributed by atoms with van der Waals surface area (Å²) in [6, 6.07) is 7.10. The van der Waals surface area contributed by atoms with E-state index in [0.29, 0.717) is 11.0 Å². The highest BCUT2D eigenvalue weighted by Gasteiger charge is 2.00. The van der Waals surface area contributed by atoms with Gasteiger partial charge in [0, 0.05) is 18.9 Å². The van der Waals surface area contributed by atoms with Crippen LogP contribution in [0.1, 0.15) is 11.1 Å². The normalized spacial score (nSPS) is 10.3. The van der Waals surface area contributed by atoms with E-state index in [1.807, 2.05) is 19.1 Å². The molecule has 88 valence electrons. The second kappa shape index (κ2) is 5.27. The summed E-state index contributed by atoms with van der Waals surface area (Å²) in [6.45, 7) is 2.56. The largest absolute Gasteiger partial charge is 0.380 e. The molecule has 0 amide bonds. The molecule has 0 atom stereocenters. The van der Waals surface area contributed by atoms with E-state index in [-0.39, 0.29) is 5.82 Å².